The monoisotopic (exact) mass is 575 g/mol. The van der Waals surface area contributed by atoms with Crippen LogP contribution in [0.15, 0.2) is 24.4 Å². The van der Waals surface area contributed by atoms with Gasteiger partial charge in [-0.15, -0.1) is 11.6 Å². The van der Waals surface area contributed by atoms with Crippen LogP contribution in [0.5, 0.6) is 5.88 Å². The summed E-state index contributed by atoms with van der Waals surface area (Å²) in [6.07, 6.45) is 1.84. The molecule has 2 aromatic heterocycles. The molecule has 39 heavy (non-hydrogen) atoms. The highest BCUT2D eigenvalue weighted by molar-refractivity contribution is 6.30. The van der Waals surface area contributed by atoms with E-state index in [-0.39, 0.29) is 40.2 Å². The van der Waals surface area contributed by atoms with Gasteiger partial charge in [-0.1, -0.05) is 31.5 Å². The van der Waals surface area contributed by atoms with Crippen molar-refractivity contribution in [1.29, 1.82) is 0 Å². The smallest absolute Gasteiger partial charge is 0.276 e. The van der Waals surface area contributed by atoms with Gasteiger partial charge in [-0.05, 0) is 30.0 Å². The number of methoxy groups -OCH3 is 1. The summed E-state index contributed by atoms with van der Waals surface area (Å²) in [6.45, 7) is 4.23. The summed E-state index contributed by atoms with van der Waals surface area (Å²) in [5.41, 5.74) is 2.31. The largest absolute Gasteiger partial charge is 0.479 e. The number of anilines is 1. The van der Waals surface area contributed by atoms with Gasteiger partial charge < -0.3 is 19.9 Å². The average Bonchev–Trinajstić information content (AvgIpc) is 3.41. The third-order valence-corrected chi connectivity index (χ3v) is 7.55. The molecule has 0 radical (unpaired) electrons. The Morgan fingerprint density at radius 2 is 2.00 bits per heavy atom. The van der Waals surface area contributed by atoms with E-state index in [1.54, 1.807) is 21.8 Å². The van der Waals surface area contributed by atoms with Gasteiger partial charge >= 0.3 is 0 Å². The molecule has 0 bridgehead atoms. The molecular weight excluding hydrogens is 548 g/mol. The quantitative estimate of drug-likeness (QED) is 0.447. The number of carbonyl (C=O) groups is 2. The molecule has 1 saturated heterocycles. The van der Waals surface area contributed by atoms with Gasteiger partial charge in [0.05, 0.1) is 35.4 Å². The lowest BCUT2D eigenvalue weighted by molar-refractivity contribution is -0.127. The zero-order valence-electron chi connectivity index (χ0n) is 22.1. The number of alkyl halides is 1. The molecule has 0 aliphatic carbocycles. The fourth-order valence-electron chi connectivity index (χ4n) is 5.18. The van der Waals surface area contributed by atoms with Crippen molar-refractivity contribution in [2.75, 3.05) is 32.6 Å². The molecule has 4 heterocycles. The Kier molecular flexibility index (Phi) is 7.15. The van der Waals surface area contributed by atoms with E-state index in [4.69, 9.17) is 33.0 Å². The lowest BCUT2D eigenvalue weighted by Gasteiger charge is -2.37. The molecule has 206 valence electrons. The molecule has 5 rings (SSSR count). The minimum absolute atomic E-state index is 0.0475. The van der Waals surface area contributed by atoms with Crippen LogP contribution < -0.4 is 15.0 Å². The van der Waals surface area contributed by atoms with Crippen LogP contribution in [0.3, 0.4) is 0 Å². The number of ether oxygens (including phenoxy) is 1. The maximum absolute atomic E-state index is 14.8. The number of nitrogens with zero attached hydrogens (tertiary/aromatic N) is 6. The van der Waals surface area contributed by atoms with Crippen LogP contribution in [0, 0.1) is 5.82 Å². The van der Waals surface area contributed by atoms with Crippen LogP contribution in [0.25, 0.3) is 5.69 Å². The third-order valence-electron chi connectivity index (χ3n) is 6.91. The van der Waals surface area contributed by atoms with Crippen LogP contribution >= 0.6 is 23.2 Å². The minimum Gasteiger partial charge on any atom is -0.479 e. The van der Waals surface area contributed by atoms with Crippen LogP contribution in [0.1, 0.15) is 59.5 Å². The lowest BCUT2D eigenvalue weighted by atomic mass is 9.93. The lowest BCUT2D eigenvalue weighted by Crippen LogP contribution is -2.55. The molecule has 3 atom stereocenters. The highest BCUT2D eigenvalue weighted by atomic mass is 35.5. The summed E-state index contributed by atoms with van der Waals surface area (Å²) in [7, 11) is 5.12. The fourth-order valence-corrected chi connectivity index (χ4v) is 5.55. The minimum atomic E-state index is -0.864. The van der Waals surface area contributed by atoms with E-state index in [9.17, 15) is 14.0 Å². The molecule has 1 aromatic carbocycles. The number of rotatable bonds is 6. The van der Waals surface area contributed by atoms with E-state index < -0.39 is 23.8 Å². The second kappa shape index (κ2) is 10.3. The summed E-state index contributed by atoms with van der Waals surface area (Å²) in [5.74, 6) is -0.845. The Morgan fingerprint density at radius 1 is 1.26 bits per heavy atom. The highest BCUT2D eigenvalue weighted by Crippen LogP contribution is 2.46. The first kappa shape index (κ1) is 27.1. The van der Waals surface area contributed by atoms with Gasteiger partial charge in [0.2, 0.25) is 17.7 Å². The maximum atomic E-state index is 14.8. The Labute approximate surface area is 235 Å². The Bertz CT molecular complexity index is 1460. The predicted octanol–water partition coefficient (Wildman–Crippen LogP) is 3.69. The number of piperidine rings is 1. The van der Waals surface area contributed by atoms with E-state index in [0.717, 1.165) is 0 Å². The van der Waals surface area contributed by atoms with Gasteiger partial charge in [0, 0.05) is 26.2 Å². The number of carbonyl (C=O) groups excluding carboxylic acids is 2. The van der Waals surface area contributed by atoms with Gasteiger partial charge in [-0.25, -0.2) is 14.1 Å². The van der Waals surface area contributed by atoms with Crippen LogP contribution in [-0.2, 0) is 4.79 Å². The molecular formula is C26H28Cl2FN7O3. The molecule has 0 spiro atoms. The van der Waals surface area contributed by atoms with Gasteiger partial charge in [0.15, 0.2) is 5.69 Å². The summed E-state index contributed by atoms with van der Waals surface area (Å²) >= 11 is 12.4. The summed E-state index contributed by atoms with van der Waals surface area (Å²) in [6, 6.07) is 2.71. The summed E-state index contributed by atoms with van der Waals surface area (Å²) in [4.78, 5) is 39.1. The van der Waals surface area contributed by atoms with Crippen molar-refractivity contribution in [2.45, 2.75) is 43.6 Å². The first-order valence-electron chi connectivity index (χ1n) is 12.4. The van der Waals surface area contributed by atoms with E-state index in [1.807, 2.05) is 27.9 Å². The molecule has 10 nitrogen and oxygen atoms in total. The average molecular weight is 576 g/mol. The first-order chi connectivity index (χ1) is 18.5. The number of amides is 2. The molecule has 0 saturated carbocycles. The molecule has 3 aromatic rings. The van der Waals surface area contributed by atoms with Gasteiger partial charge in [-0.2, -0.15) is 10.1 Å². The molecule has 2 amide bonds. The van der Waals surface area contributed by atoms with Gasteiger partial charge in [0.1, 0.15) is 17.5 Å². The number of benzene rings is 1. The summed E-state index contributed by atoms with van der Waals surface area (Å²) in [5, 5.41) is 7.08. The molecule has 13 heteroatoms. The Hall–Kier alpha value is -3.44. The number of halogens is 3. The SMILES string of the molecule is COc1nc(N(C)C)ncc1-n1nc2c(c1C(C)C)C(c1ccc(Cl)c(F)c1)N(C1CC(Cl)CNC1=O)C2=O. The zero-order valence-corrected chi connectivity index (χ0v) is 23.6. The topological polar surface area (TPSA) is 105 Å². The van der Waals surface area contributed by atoms with Crippen LogP contribution in [-0.4, -0.2) is 75.6 Å². The van der Waals surface area contributed by atoms with Crippen molar-refractivity contribution in [1.82, 2.24) is 30.0 Å². The van der Waals surface area contributed by atoms with E-state index in [1.165, 1.54) is 24.1 Å². The van der Waals surface area contributed by atoms with Crippen molar-refractivity contribution in [2.24, 2.45) is 0 Å². The molecule has 2 aliphatic rings. The predicted molar refractivity (Wildman–Crippen MR) is 145 cm³/mol. The van der Waals surface area contributed by atoms with Crippen molar-refractivity contribution >= 4 is 41.0 Å². The van der Waals surface area contributed by atoms with E-state index in [0.29, 0.717) is 35.0 Å². The normalized spacial score (nSPS) is 20.8. The maximum Gasteiger partial charge on any atom is 0.276 e. The molecule has 1 N–H and O–H groups in total. The number of nitrogens with one attached hydrogen (secondary N) is 1. The number of fused-ring (bicyclic) bond motifs is 1. The van der Waals surface area contributed by atoms with Gasteiger partial charge in [-0.3, -0.25) is 9.59 Å². The zero-order chi connectivity index (χ0) is 28.2. The molecule has 2 aliphatic heterocycles. The van der Waals surface area contributed by atoms with Crippen molar-refractivity contribution in [3.05, 3.63) is 57.8 Å². The fraction of sp³-hybridized carbons (Fsp3) is 0.423. The number of hydrogen-bond donors (Lipinski definition) is 1. The number of aromatic nitrogens is 4. The third kappa shape index (κ3) is 4.57. The van der Waals surface area contributed by atoms with E-state index in [2.05, 4.69) is 15.3 Å². The van der Waals surface area contributed by atoms with Crippen molar-refractivity contribution in [3.8, 4) is 11.6 Å². The Morgan fingerprint density at radius 3 is 2.64 bits per heavy atom. The van der Waals surface area contributed by atoms with E-state index >= 15 is 0 Å². The second-order valence-electron chi connectivity index (χ2n) is 10.1. The summed E-state index contributed by atoms with van der Waals surface area (Å²) < 4.78 is 21.9. The van der Waals surface area contributed by atoms with Crippen LogP contribution in [0.2, 0.25) is 5.02 Å². The van der Waals surface area contributed by atoms with Crippen LogP contribution in [0.4, 0.5) is 10.3 Å². The van der Waals surface area contributed by atoms with Crippen molar-refractivity contribution < 1.29 is 18.7 Å². The molecule has 3 unspecified atom stereocenters. The standard InChI is InChI=1S/C26H28Cl2FN7O3/c1-12(2)21-19-20(33-36(21)18-11-31-26(34(3)4)32-24(18)39-5)25(38)35(17-9-14(27)10-30-23(17)37)22(19)13-6-7-15(28)16(29)8-13/h6-8,11-12,14,17,22H,9-10H2,1-5H3,(H,30,37). The number of hydrogen-bond acceptors (Lipinski definition) is 7. The van der Waals surface area contributed by atoms with Gasteiger partial charge in [0.25, 0.3) is 5.91 Å². The first-order valence-corrected chi connectivity index (χ1v) is 13.3. The second-order valence-corrected chi connectivity index (χ2v) is 11.1. The highest BCUT2D eigenvalue weighted by Gasteiger charge is 2.50. The molecule has 1 fully saturated rings. The van der Waals surface area contributed by atoms with Crippen molar-refractivity contribution in [3.63, 3.8) is 0 Å². The Balaban J connectivity index is 1.74.